The highest BCUT2D eigenvalue weighted by Gasteiger charge is 2.44. The number of fused-ring (bicyclic) bond motifs is 1. The summed E-state index contributed by atoms with van der Waals surface area (Å²) in [6, 6.07) is 0. The second-order valence-electron chi connectivity index (χ2n) is 1.81. The quantitative estimate of drug-likeness (QED) is 0.316. The van der Waals surface area contributed by atoms with Crippen LogP contribution in [0.1, 0.15) is 0 Å². The smallest absolute Gasteiger partial charge is 0.317 e. The van der Waals surface area contributed by atoms with Crippen molar-refractivity contribution in [3.8, 4) is 0 Å². The van der Waals surface area contributed by atoms with Gasteiger partial charge in [-0.05, 0) is 6.08 Å². The van der Waals surface area contributed by atoms with Crippen LogP contribution in [0.25, 0.3) is 0 Å². The van der Waals surface area contributed by atoms with E-state index < -0.39 is 0 Å². The first-order chi connectivity index (χ1) is 3.38. The van der Waals surface area contributed by atoms with Crippen molar-refractivity contribution in [3.05, 3.63) is 12.2 Å². The van der Waals surface area contributed by atoms with Gasteiger partial charge in [-0.3, -0.25) is 4.79 Å². The fourth-order valence-corrected chi connectivity index (χ4v) is 0.779. The monoisotopic (exact) mass is 96.0 g/mol. The van der Waals surface area contributed by atoms with E-state index in [1.807, 2.05) is 12.2 Å². The van der Waals surface area contributed by atoms with Crippen LogP contribution >= 0.6 is 0 Å². The van der Waals surface area contributed by atoms with Gasteiger partial charge in [0.05, 0.1) is 0 Å². The van der Waals surface area contributed by atoms with Gasteiger partial charge in [-0.1, -0.05) is 6.08 Å². The number of carbonyl (C=O) groups excluding carboxylic acids is 1. The summed E-state index contributed by atoms with van der Waals surface area (Å²) in [6.07, 6.45) is 3.93. The maximum atomic E-state index is 10.2. The highest BCUT2D eigenvalue weighted by atomic mass is 16.6. The minimum atomic E-state index is -0.0625. The van der Waals surface area contributed by atoms with Crippen LogP contribution in [0.4, 0.5) is 0 Å². The average molecular weight is 96.1 g/mol. The molecule has 1 fully saturated rings. The third-order valence-electron chi connectivity index (χ3n) is 1.39. The second kappa shape index (κ2) is 0.735. The average Bonchev–Trinajstić information content (AvgIpc) is 1.59. The van der Waals surface area contributed by atoms with Crippen LogP contribution in [0.15, 0.2) is 12.2 Å². The van der Waals surface area contributed by atoms with E-state index >= 15 is 0 Å². The third-order valence-corrected chi connectivity index (χ3v) is 1.39. The fourth-order valence-electron chi connectivity index (χ4n) is 0.779. The van der Waals surface area contributed by atoms with Crippen LogP contribution in [0.2, 0.25) is 0 Å². The summed E-state index contributed by atoms with van der Waals surface area (Å²) in [5.41, 5.74) is 0. The summed E-state index contributed by atoms with van der Waals surface area (Å²) < 4.78 is 4.61. The van der Waals surface area contributed by atoms with E-state index in [4.69, 9.17) is 0 Å². The van der Waals surface area contributed by atoms with Crippen LogP contribution in [-0.4, -0.2) is 12.1 Å². The highest BCUT2D eigenvalue weighted by Crippen LogP contribution is 2.32. The predicted octanol–water partition coefficient (Wildman–Crippen LogP) is 0.0978. The molecule has 0 radical (unpaired) electrons. The normalized spacial score (nSPS) is 43.1. The minimum absolute atomic E-state index is 0.0625. The number of ether oxygens (including phenoxy) is 1. The first-order valence-electron chi connectivity index (χ1n) is 2.27. The van der Waals surface area contributed by atoms with Crippen molar-refractivity contribution < 1.29 is 9.53 Å². The molecule has 7 heavy (non-hydrogen) atoms. The Morgan fingerprint density at radius 1 is 1.57 bits per heavy atom. The van der Waals surface area contributed by atoms with Crippen molar-refractivity contribution in [2.45, 2.75) is 6.10 Å². The van der Waals surface area contributed by atoms with Gasteiger partial charge in [0, 0.05) is 0 Å². The molecule has 0 spiro atoms. The summed E-state index contributed by atoms with van der Waals surface area (Å²) >= 11 is 0. The second-order valence-corrected chi connectivity index (χ2v) is 1.81. The Kier molecular flexibility index (Phi) is 0.340. The standard InChI is InChI=1S/C5H4O2/c6-5-3-1-2-4(3)7-5/h1-4H. The number of hydrogen-bond acceptors (Lipinski definition) is 2. The molecule has 0 aromatic rings. The van der Waals surface area contributed by atoms with Crippen molar-refractivity contribution in [1.29, 1.82) is 0 Å². The summed E-state index contributed by atoms with van der Waals surface area (Å²) in [7, 11) is 0. The molecule has 0 amide bonds. The van der Waals surface area contributed by atoms with Crippen LogP contribution < -0.4 is 0 Å². The van der Waals surface area contributed by atoms with Gasteiger partial charge < -0.3 is 4.74 Å². The molecule has 1 heterocycles. The third kappa shape index (κ3) is 0.204. The van der Waals surface area contributed by atoms with Gasteiger partial charge in [0.2, 0.25) is 0 Å². The Balaban J connectivity index is 2.29. The van der Waals surface area contributed by atoms with Crippen LogP contribution in [0.3, 0.4) is 0 Å². The van der Waals surface area contributed by atoms with Crippen molar-refractivity contribution in [3.63, 3.8) is 0 Å². The van der Waals surface area contributed by atoms with E-state index in [-0.39, 0.29) is 18.0 Å². The number of rotatable bonds is 0. The van der Waals surface area contributed by atoms with Crippen molar-refractivity contribution in [2.24, 2.45) is 5.92 Å². The Morgan fingerprint density at radius 2 is 2.43 bits per heavy atom. The molecule has 0 aromatic carbocycles. The molecule has 2 aliphatic rings. The van der Waals surface area contributed by atoms with E-state index in [0.717, 1.165) is 0 Å². The van der Waals surface area contributed by atoms with E-state index in [0.29, 0.717) is 0 Å². The molecule has 0 aromatic heterocycles. The topological polar surface area (TPSA) is 26.3 Å². The lowest BCUT2D eigenvalue weighted by Gasteiger charge is -2.36. The molecule has 1 saturated heterocycles. The van der Waals surface area contributed by atoms with Gasteiger partial charge in [-0.25, -0.2) is 0 Å². The molecule has 1 aliphatic carbocycles. The van der Waals surface area contributed by atoms with Crippen molar-refractivity contribution in [1.82, 2.24) is 0 Å². The fraction of sp³-hybridized carbons (Fsp3) is 0.400. The molecule has 2 rings (SSSR count). The first kappa shape index (κ1) is 3.24. The molecule has 2 atom stereocenters. The van der Waals surface area contributed by atoms with E-state index in [1.54, 1.807) is 0 Å². The van der Waals surface area contributed by atoms with Gasteiger partial charge in [0.25, 0.3) is 0 Å². The molecule has 0 saturated carbocycles. The van der Waals surface area contributed by atoms with Crippen LogP contribution in [0.5, 0.6) is 0 Å². The highest BCUT2D eigenvalue weighted by molar-refractivity contribution is 5.83. The molecule has 2 nitrogen and oxygen atoms in total. The molecule has 2 unspecified atom stereocenters. The first-order valence-corrected chi connectivity index (χ1v) is 2.27. The van der Waals surface area contributed by atoms with E-state index in [2.05, 4.69) is 4.74 Å². The van der Waals surface area contributed by atoms with Gasteiger partial charge in [-0.15, -0.1) is 0 Å². The van der Waals surface area contributed by atoms with Gasteiger partial charge >= 0.3 is 5.97 Å². The maximum Gasteiger partial charge on any atom is 0.317 e. The Hall–Kier alpha value is -0.790. The summed E-state index contributed by atoms with van der Waals surface area (Å²) in [6.45, 7) is 0. The summed E-state index contributed by atoms with van der Waals surface area (Å²) in [5.74, 6) is 0.0764. The molecule has 0 N–H and O–H groups in total. The Morgan fingerprint density at radius 3 is 2.43 bits per heavy atom. The Labute approximate surface area is 40.8 Å². The zero-order chi connectivity index (χ0) is 4.85. The van der Waals surface area contributed by atoms with E-state index in [1.165, 1.54) is 0 Å². The van der Waals surface area contributed by atoms with Crippen LogP contribution in [-0.2, 0) is 9.53 Å². The van der Waals surface area contributed by atoms with Gasteiger partial charge in [-0.2, -0.15) is 0 Å². The summed E-state index contributed by atoms with van der Waals surface area (Å²) in [4.78, 5) is 10.2. The predicted molar refractivity (Wildman–Crippen MR) is 22.5 cm³/mol. The lowest BCUT2D eigenvalue weighted by Crippen LogP contribution is -2.47. The van der Waals surface area contributed by atoms with Crippen molar-refractivity contribution >= 4 is 5.97 Å². The van der Waals surface area contributed by atoms with Gasteiger partial charge in [0.15, 0.2) is 0 Å². The SMILES string of the molecule is O=C1OC2C=CC12. The summed E-state index contributed by atoms with van der Waals surface area (Å²) in [5, 5.41) is 0. The largest absolute Gasteiger partial charge is 0.456 e. The molecule has 1 aliphatic heterocycles. The van der Waals surface area contributed by atoms with Crippen molar-refractivity contribution in [2.75, 3.05) is 0 Å². The number of carbonyl (C=O) groups is 1. The molecular weight excluding hydrogens is 92.1 g/mol. The van der Waals surface area contributed by atoms with E-state index in [9.17, 15) is 4.79 Å². The number of esters is 1. The molecular formula is C5H4O2. The maximum absolute atomic E-state index is 10.2. The Bertz CT molecular complexity index is 148. The molecule has 2 heteroatoms. The van der Waals surface area contributed by atoms with Crippen LogP contribution in [0, 0.1) is 5.92 Å². The van der Waals surface area contributed by atoms with Gasteiger partial charge in [0.1, 0.15) is 12.0 Å². The zero-order valence-electron chi connectivity index (χ0n) is 3.63. The molecule has 36 valence electrons. The minimum Gasteiger partial charge on any atom is -0.456 e. The molecule has 0 bridgehead atoms. The number of hydrogen-bond donors (Lipinski definition) is 0. The lowest BCUT2D eigenvalue weighted by molar-refractivity contribution is -0.176. The zero-order valence-corrected chi connectivity index (χ0v) is 3.63. The lowest BCUT2D eigenvalue weighted by atomic mass is 9.87.